The van der Waals surface area contributed by atoms with Crippen LogP contribution in [-0.4, -0.2) is 42.1 Å². The van der Waals surface area contributed by atoms with E-state index < -0.39 is 47.0 Å². The molecule has 4 atom stereocenters. The molecule has 2 fully saturated rings. The zero-order valence-electron chi connectivity index (χ0n) is 19.9. The second kappa shape index (κ2) is 8.03. The van der Waals surface area contributed by atoms with Gasteiger partial charge in [0.15, 0.2) is 11.5 Å². The van der Waals surface area contributed by atoms with E-state index in [-0.39, 0.29) is 5.75 Å². The molecule has 0 radical (unpaired) electrons. The Morgan fingerprint density at radius 3 is 2.50 bits per heavy atom. The lowest BCUT2D eigenvalue weighted by Gasteiger charge is -2.30. The molecule has 9 nitrogen and oxygen atoms in total. The summed E-state index contributed by atoms with van der Waals surface area (Å²) in [4.78, 5) is 42.8. The third-order valence-electron chi connectivity index (χ3n) is 7.85. The first kappa shape index (κ1) is 22.7. The molecular weight excluding hydrogens is 493 g/mol. The minimum Gasteiger partial charge on any atom is -0.508 e. The van der Waals surface area contributed by atoms with Gasteiger partial charge < -0.3 is 19.9 Å². The number of rotatable bonds is 3. The van der Waals surface area contributed by atoms with Gasteiger partial charge in [-0.1, -0.05) is 12.1 Å². The highest BCUT2D eigenvalue weighted by Gasteiger charge is 2.70. The molecular formula is C28H22FN3O6. The number of phenolic OH excluding ortho intramolecular Hbond substituents is 1. The number of ether oxygens (including phenoxy) is 2. The third-order valence-corrected chi connectivity index (χ3v) is 7.85. The minimum absolute atomic E-state index is 0.0963. The Balaban J connectivity index is 1.35. The molecule has 2 saturated heterocycles. The van der Waals surface area contributed by atoms with E-state index in [9.17, 15) is 23.9 Å². The number of aromatic hydroxyl groups is 1. The maximum Gasteiger partial charge on any atom is 0.250 e. The number of carbonyl (C=O) groups is 3. The molecule has 3 aromatic rings. The van der Waals surface area contributed by atoms with Gasteiger partial charge in [0.2, 0.25) is 17.7 Å². The van der Waals surface area contributed by atoms with Crippen LogP contribution in [0.1, 0.15) is 11.1 Å². The number of benzene rings is 3. The number of hydrogen-bond acceptors (Lipinski definition) is 7. The largest absolute Gasteiger partial charge is 0.508 e. The van der Waals surface area contributed by atoms with E-state index in [1.807, 2.05) is 0 Å². The number of halogens is 1. The Morgan fingerprint density at radius 1 is 0.947 bits per heavy atom. The van der Waals surface area contributed by atoms with Crippen molar-refractivity contribution in [3.63, 3.8) is 0 Å². The van der Waals surface area contributed by atoms with E-state index in [4.69, 9.17) is 9.47 Å². The van der Waals surface area contributed by atoms with E-state index >= 15 is 0 Å². The quantitative estimate of drug-likeness (QED) is 0.459. The molecule has 4 aliphatic heterocycles. The zero-order chi connectivity index (χ0) is 26.2. The smallest absolute Gasteiger partial charge is 0.250 e. The number of anilines is 2. The molecule has 3 N–H and O–H groups in total. The highest BCUT2D eigenvalue weighted by molar-refractivity contribution is 6.26. The summed E-state index contributed by atoms with van der Waals surface area (Å²) in [5.41, 5.74) is 0.183. The summed E-state index contributed by atoms with van der Waals surface area (Å²) in [6.07, 6.45) is 0.301. The van der Waals surface area contributed by atoms with Crippen LogP contribution in [0.15, 0.2) is 60.7 Å². The average Bonchev–Trinajstić information content (AvgIpc) is 3.49. The molecule has 3 amide bonds. The van der Waals surface area contributed by atoms with Gasteiger partial charge in [0.25, 0.3) is 0 Å². The monoisotopic (exact) mass is 515 g/mol. The van der Waals surface area contributed by atoms with Gasteiger partial charge in [-0.15, -0.1) is 0 Å². The van der Waals surface area contributed by atoms with E-state index in [1.165, 1.54) is 30.3 Å². The van der Waals surface area contributed by atoms with Crippen molar-refractivity contribution in [3.05, 3.63) is 77.6 Å². The van der Waals surface area contributed by atoms with E-state index in [0.29, 0.717) is 48.1 Å². The standard InChI is InChI=1S/C28H22FN3O6/c29-15-3-7-19-18(12-15)28(27(36)30-19)24-23(20(31-28)11-14-1-5-17(33)6-2-14)25(34)32(26(24)35)16-4-8-21-22(13-16)38-10-9-37-21/h1-8,12-13,20,23-24,31,33H,9-11H2,(H,30,36)/t20-,23+,24-,28-/m0/s1. The van der Waals surface area contributed by atoms with Crippen LogP contribution in [-0.2, 0) is 26.3 Å². The fraction of sp³-hybridized carbons (Fsp3) is 0.250. The Labute approximate surface area is 216 Å². The van der Waals surface area contributed by atoms with Crippen LogP contribution < -0.4 is 25.0 Å². The molecule has 38 heavy (non-hydrogen) atoms. The molecule has 0 aromatic heterocycles. The molecule has 192 valence electrons. The minimum atomic E-state index is -1.63. The molecule has 1 spiro atoms. The predicted octanol–water partition coefficient (Wildman–Crippen LogP) is 2.47. The van der Waals surface area contributed by atoms with Gasteiger partial charge in [0.05, 0.1) is 17.5 Å². The average molecular weight is 515 g/mol. The summed E-state index contributed by atoms with van der Waals surface area (Å²) in [6, 6.07) is 14.7. The summed E-state index contributed by atoms with van der Waals surface area (Å²) in [5, 5.41) is 15.8. The normalized spacial score (nSPS) is 27.0. The number of nitrogens with one attached hydrogen (secondary N) is 2. The van der Waals surface area contributed by atoms with Gasteiger partial charge in [-0.25, -0.2) is 9.29 Å². The Bertz CT molecular complexity index is 1530. The molecule has 7 rings (SSSR count). The first-order chi connectivity index (χ1) is 18.4. The first-order valence-electron chi connectivity index (χ1n) is 12.3. The van der Waals surface area contributed by atoms with Gasteiger partial charge in [-0.3, -0.25) is 19.7 Å². The van der Waals surface area contributed by atoms with Gasteiger partial charge in [-0.05, 0) is 54.4 Å². The molecule has 0 saturated carbocycles. The Hall–Kier alpha value is -4.44. The first-order valence-corrected chi connectivity index (χ1v) is 12.3. The van der Waals surface area contributed by atoms with Crippen LogP contribution in [0.4, 0.5) is 15.8 Å². The van der Waals surface area contributed by atoms with E-state index in [1.54, 1.807) is 30.3 Å². The van der Waals surface area contributed by atoms with Crippen LogP contribution in [0.2, 0.25) is 0 Å². The van der Waals surface area contributed by atoms with E-state index in [2.05, 4.69) is 10.6 Å². The number of imide groups is 1. The molecule has 0 aliphatic carbocycles. The van der Waals surface area contributed by atoms with Crippen molar-refractivity contribution in [3.8, 4) is 17.2 Å². The molecule has 4 heterocycles. The maximum absolute atomic E-state index is 14.4. The van der Waals surface area contributed by atoms with Gasteiger partial charge in [-0.2, -0.15) is 0 Å². The number of nitrogens with zero attached hydrogens (tertiary/aromatic N) is 1. The fourth-order valence-electron chi connectivity index (χ4n) is 6.26. The van der Waals surface area contributed by atoms with Crippen LogP contribution in [0.3, 0.4) is 0 Å². The van der Waals surface area contributed by atoms with Crippen molar-refractivity contribution in [1.82, 2.24) is 5.32 Å². The van der Waals surface area contributed by atoms with Crippen LogP contribution in [0.5, 0.6) is 17.2 Å². The van der Waals surface area contributed by atoms with Crippen molar-refractivity contribution in [1.29, 1.82) is 0 Å². The number of fused-ring (bicyclic) bond motifs is 5. The van der Waals surface area contributed by atoms with E-state index in [0.717, 1.165) is 10.5 Å². The second-order valence-corrected chi connectivity index (χ2v) is 9.92. The SMILES string of the molecule is O=C1[C@@H]2[C@H](Cc3ccc(O)cc3)N[C@]3(C(=O)Nc4ccc(F)cc43)[C@@H]2C(=O)N1c1ccc2c(c1)OCCO2. The summed E-state index contributed by atoms with van der Waals surface area (Å²) < 4.78 is 25.7. The number of phenols is 1. The third kappa shape index (κ3) is 3.10. The Morgan fingerprint density at radius 2 is 1.71 bits per heavy atom. The van der Waals surface area contributed by atoms with Crippen molar-refractivity contribution in [2.45, 2.75) is 18.0 Å². The topological polar surface area (TPSA) is 117 Å². The summed E-state index contributed by atoms with van der Waals surface area (Å²) in [5.74, 6) is -3.04. The molecule has 3 aromatic carbocycles. The summed E-state index contributed by atoms with van der Waals surface area (Å²) in [6.45, 7) is 0.740. The van der Waals surface area contributed by atoms with Gasteiger partial charge in [0.1, 0.15) is 30.3 Å². The highest BCUT2D eigenvalue weighted by atomic mass is 19.1. The maximum atomic E-state index is 14.4. The predicted molar refractivity (Wildman–Crippen MR) is 132 cm³/mol. The van der Waals surface area contributed by atoms with Crippen LogP contribution in [0.25, 0.3) is 0 Å². The molecule has 4 aliphatic rings. The van der Waals surface area contributed by atoms with Crippen molar-refractivity contribution in [2.24, 2.45) is 11.8 Å². The number of hydrogen-bond donors (Lipinski definition) is 3. The molecule has 0 bridgehead atoms. The van der Waals surface area contributed by atoms with Crippen LogP contribution in [0, 0.1) is 17.7 Å². The lowest BCUT2D eigenvalue weighted by atomic mass is 9.76. The summed E-state index contributed by atoms with van der Waals surface area (Å²) in [7, 11) is 0. The van der Waals surface area contributed by atoms with Crippen LogP contribution >= 0.6 is 0 Å². The molecule has 0 unspecified atom stereocenters. The Kier molecular flexibility index (Phi) is 4.80. The lowest BCUT2D eigenvalue weighted by Crippen LogP contribution is -2.53. The number of carbonyl (C=O) groups excluding carboxylic acids is 3. The lowest BCUT2D eigenvalue weighted by molar-refractivity contribution is -0.130. The van der Waals surface area contributed by atoms with Crippen molar-refractivity contribution >= 4 is 29.1 Å². The number of amides is 3. The fourth-order valence-corrected chi connectivity index (χ4v) is 6.26. The van der Waals surface area contributed by atoms with Crippen molar-refractivity contribution in [2.75, 3.05) is 23.4 Å². The second-order valence-electron chi connectivity index (χ2n) is 9.92. The highest BCUT2D eigenvalue weighted by Crippen LogP contribution is 2.54. The summed E-state index contributed by atoms with van der Waals surface area (Å²) >= 11 is 0. The molecule has 10 heteroatoms. The van der Waals surface area contributed by atoms with Crippen molar-refractivity contribution < 1.29 is 33.4 Å². The zero-order valence-corrected chi connectivity index (χ0v) is 19.9. The van der Waals surface area contributed by atoms with Gasteiger partial charge >= 0.3 is 0 Å². The van der Waals surface area contributed by atoms with Gasteiger partial charge in [0, 0.05) is 23.4 Å².